The Morgan fingerprint density at radius 2 is 1.79 bits per heavy atom. The molecule has 1 aromatic heterocycles. The third-order valence-corrected chi connectivity index (χ3v) is 8.27. The van der Waals surface area contributed by atoms with Gasteiger partial charge < -0.3 is 15.8 Å². The number of aromatic nitrogens is 2. The highest BCUT2D eigenvalue weighted by molar-refractivity contribution is 5.88. The summed E-state index contributed by atoms with van der Waals surface area (Å²) in [5.74, 6) is -0.905. The van der Waals surface area contributed by atoms with Crippen LogP contribution in [0.15, 0.2) is 30.3 Å². The van der Waals surface area contributed by atoms with Crippen LogP contribution < -0.4 is 11.1 Å². The van der Waals surface area contributed by atoms with E-state index in [-0.39, 0.29) is 11.3 Å². The Morgan fingerprint density at radius 3 is 2.41 bits per heavy atom. The van der Waals surface area contributed by atoms with Crippen LogP contribution in [0.1, 0.15) is 62.9 Å². The lowest BCUT2D eigenvalue weighted by Gasteiger charge is -2.35. The maximum absolute atomic E-state index is 15.8. The number of urea groups is 1. The van der Waals surface area contributed by atoms with Crippen molar-refractivity contribution < 1.29 is 18.3 Å². The number of carbonyl (C=O) groups excluding carboxylic acids is 1. The van der Waals surface area contributed by atoms with Gasteiger partial charge in [-0.05, 0) is 62.6 Å². The van der Waals surface area contributed by atoms with Gasteiger partial charge in [-0.1, -0.05) is 32.0 Å². The fourth-order valence-corrected chi connectivity index (χ4v) is 6.05. The van der Waals surface area contributed by atoms with Crippen molar-refractivity contribution in [3.63, 3.8) is 0 Å². The van der Waals surface area contributed by atoms with Gasteiger partial charge in [-0.25, -0.2) is 18.3 Å². The van der Waals surface area contributed by atoms with E-state index in [1.807, 2.05) is 10.7 Å². The minimum Gasteiger partial charge on any atom is -0.381 e. The standard InChI is InChI=1S/C30H37F2N5O2/c1-5-19-8-7-9-20(6-2)26(19)37-27(21-14-24(32)25(15-23(21)31)34-29(33)38)22-17-36(30(3,4)28(22)35-37)16-18-10-12-39-13-11-18/h7-9,14-15,18H,5-6,10-13,16-17H2,1-4H3,(H3,33,34,38). The van der Waals surface area contributed by atoms with Crippen LogP contribution in [0.4, 0.5) is 19.3 Å². The first kappa shape index (κ1) is 27.3. The van der Waals surface area contributed by atoms with Crippen LogP contribution in [0, 0.1) is 17.6 Å². The van der Waals surface area contributed by atoms with Crippen LogP contribution in [0.3, 0.4) is 0 Å². The minimum atomic E-state index is -0.957. The number of fused-ring (bicyclic) bond motifs is 1. The SMILES string of the molecule is CCc1cccc(CC)c1-n1nc2c(c1-c1cc(F)c(NC(N)=O)cc1F)CN(CC1CCOCC1)C2(C)C. The van der Waals surface area contributed by atoms with Crippen molar-refractivity contribution >= 4 is 11.7 Å². The third-order valence-electron chi connectivity index (χ3n) is 8.27. The highest BCUT2D eigenvalue weighted by Gasteiger charge is 2.44. The summed E-state index contributed by atoms with van der Waals surface area (Å²) in [5, 5.41) is 7.33. The van der Waals surface area contributed by atoms with Crippen LogP contribution in [-0.4, -0.2) is 40.5 Å². The fraction of sp³-hybridized carbons (Fsp3) is 0.467. The Hall–Kier alpha value is -3.30. The van der Waals surface area contributed by atoms with Gasteiger partial charge in [0.1, 0.15) is 11.6 Å². The zero-order chi connectivity index (χ0) is 27.9. The molecule has 0 aliphatic carbocycles. The first-order valence-electron chi connectivity index (χ1n) is 13.8. The van der Waals surface area contributed by atoms with Crippen LogP contribution in [0.2, 0.25) is 0 Å². The van der Waals surface area contributed by atoms with Crippen LogP contribution in [-0.2, 0) is 29.7 Å². The van der Waals surface area contributed by atoms with E-state index in [2.05, 4.69) is 50.0 Å². The van der Waals surface area contributed by atoms with Crippen molar-refractivity contribution in [2.75, 3.05) is 25.1 Å². The predicted molar refractivity (Wildman–Crippen MR) is 148 cm³/mol. The highest BCUT2D eigenvalue weighted by Crippen LogP contribution is 2.46. The minimum absolute atomic E-state index is 0.105. The molecule has 39 heavy (non-hydrogen) atoms. The number of hydrogen-bond donors (Lipinski definition) is 2. The largest absolute Gasteiger partial charge is 0.381 e. The van der Waals surface area contributed by atoms with Crippen molar-refractivity contribution in [1.29, 1.82) is 0 Å². The quantitative estimate of drug-likeness (QED) is 0.392. The van der Waals surface area contributed by atoms with Gasteiger partial charge in [0.15, 0.2) is 0 Å². The molecule has 1 fully saturated rings. The molecule has 7 nitrogen and oxygen atoms in total. The first-order chi connectivity index (χ1) is 18.6. The summed E-state index contributed by atoms with van der Waals surface area (Å²) in [4.78, 5) is 13.7. The number of ether oxygens (including phenoxy) is 1. The lowest BCUT2D eigenvalue weighted by atomic mass is 9.95. The number of rotatable bonds is 7. The number of hydrogen-bond acceptors (Lipinski definition) is 4. The maximum atomic E-state index is 15.8. The number of benzene rings is 2. The Labute approximate surface area is 228 Å². The van der Waals surface area contributed by atoms with Crippen molar-refractivity contribution in [2.24, 2.45) is 11.7 Å². The molecule has 2 aromatic carbocycles. The molecule has 5 rings (SSSR count). The average molecular weight is 538 g/mol. The monoisotopic (exact) mass is 537 g/mol. The molecule has 3 aromatic rings. The van der Waals surface area contributed by atoms with Gasteiger partial charge in [-0.15, -0.1) is 0 Å². The van der Waals surface area contributed by atoms with Crippen molar-refractivity contribution in [1.82, 2.24) is 14.7 Å². The highest BCUT2D eigenvalue weighted by atomic mass is 19.1. The van der Waals surface area contributed by atoms with E-state index in [0.29, 0.717) is 18.2 Å². The van der Waals surface area contributed by atoms with E-state index in [4.69, 9.17) is 15.6 Å². The molecular formula is C30H37F2N5O2. The summed E-state index contributed by atoms with van der Waals surface area (Å²) in [6.07, 6.45) is 3.55. The number of aryl methyl sites for hydroxylation is 2. The van der Waals surface area contributed by atoms with Gasteiger partial charge in [0, 0.05) is 43.5 Å². The third kappa shape index (κ3) is 4.94. The average Bonchev–Trinajstić information content (AvgIpc) is 3.39. The molecule has 0 bridgehead atoms. The van der Waals surface area contributed by atoms with Gasteiger partial charge in [-0.2, -0.15) is 5.10 Å². The molecule has 2 amide bonds. The van der Waals surface area contributed by atoms with Gasteiger partial charge in [0.2, 0.25) is 0 Å². The second-order valence-corrected chi connectivity index (χ2v) is 11.0. The Bertz CT molecular complexity index is 1370. The maximum Gasteiger partial charge on any atom is 0.316 e. The molecule has 3 heterocycles. The Balaban J connectivity index is 1.70. The lowest BCUT2D eigenvalue weighted by molar-refractivity contribution is 0.0325. The molecule has 0 radical (unpaired) electrons. The number of nitrogens with zero attached hydrogens (tertiary/aromatic N) is 3. The number of amides is 2. The van der Waals surface area contributed by atoms with E-state index in [9.17, 15) is 4.79 Å². The van der Waals surface area contributed by atoms with Crippen molar-refractivity contribution in [3.8, 4) is 16.9 Å². The number of anilines is 1. The van der Waals surface area contributed by atoms with Gasteiger partial charge in [0.05, 0.1) is 28.3 Å². The second kappa shape index (κ2) is 10.7. The van der Waals surface area contributed by atoms with Gasteiger partial charge in [-0.3, -0.25) is 4.90 Å². The molecule has 3 N–H and O–H groups in total. The molecule has 0 unspecified atom stereocenters. The molecular weight excluding hydrogens is 500 g/mol. The van der Waals surface area contributed by atoms with Crippen LogP contribution in [0.5, 0.6) is 0 Å². The second-order valence-electron chi connectivity index (χ2n) is 11.0. The molecule has 1 saturated heterocycles. The normalized spacial score (nSPS) is 17.4. The topological polar surface area (TPSA) is 85.4 Å². The van der Waals surface area contributed by atoms with E-state index in [1.54, 1.807) is 0 Å². The molecule has 0 atom stereocenters. The summed E-state index contributed by atoms with van der Waals surface area (Å²) in [5.41, 5.74) is 9.98. The number of carbonyl (C=O) groups is 1. The Morgan fingerprint density at radius 1 is 1.13 bits per heavy atom. The van der Waals surface area contributed by atoms with Crippen molar-refractivity contribution in [2.45, 2.75) is 65.5 Å². The summed E-state index contributed by atoms with van der Waals surface area (Å²) in [7, 11) is 0. The summed E-state index contributed by atoms with van der Waals surface area (Å²) < 4.78 is 38.4. The van der Waals surface area contributed by atoms with E-state index in [1.165, 1.54) is 0 Å². The Kier molecular flexibility index (Phi) is 7.48. The van der Waals surface area contributed by atoms with E-state index in [0.717, 1.165) is 85.6 Å². The number of primary amides is 1. The number of nitrogens with two attached hydrogens (primary N) is 1. The molecule has 9 heteroatoms. The number of nitrogens with one attached hydrogen (secondary N) is 1. The summed E-state index contributed by atoms with van der Waals surface area (Å²) in [6.45, 7) is 11.5. The smallest absolute Gasteiger partial charge is 0.316 e. The summed E-state index contributed by atoms with van der Waals surface area (Å²) in [6, 6.07) is 7.33. The van der Waals surface area contributed by atoms with Gasteiger partial charge >= 0.3 is 6.03 Å². The molecule has 2 aliphatic heterocycles. The number of para-hydroxylation sites is 1. The number of halogens is 2. The van der Waals surface area contributed by atoms with Crippen LogP contribution >= 0.6 is 0 Å². The zero-order valence-electron chi connectivity index (χ0n) is 23.1. The van der Waals surface area contributed by atoms with Crippen molar-refractivity contribution in [3.05, 3.63) is 64.4 Å². The van der Waals surface area contributed by atoms with E-state index < -0.39 is 23.2 Å². The fourth-order valence-electron chi connectivity index (χ4n) is 6.05. The summed E-state index contributed by atoms with van der Waals surface area (Å²) >= 11 is 0. The first-order valence-corrected chi connectivity index (χ1v) is 13.8. The molecule has 2 aliphatic rings. The molecule has 0 spiro atoms. The van der Waals surface area contributed by atoms with E-state index >= 15 is 8.78 Å². The molecule has 0 saturated carbocycles. The lowest BCUT2D eigenvalue weighted by Crippen LogP contribution is -2.40. The molecule has 208 valence electrons. The van der Waals surface area contributed by atoms with Gasteiger partial charge in [0.25, 0.3) is 0 Å². The van der Waals surface area contributed by atoms with Crippen LogP contribution in [0.25, 0.3) is 16.9 Å². The predicted octanol–water partition coefficient (Wildman–Crippen LogP) is 5.91. The zero-order valence-corrected chi connectivity index (χ0v) is 23.1.